The van der Waals surface area contributed by atoms with Crippen LogP contribution in [0, 0.1) is 0 Å². The van der Waals surface area contributed by atoms with Gasteiger partial charge in [-0.1, -0.05) is 48.5 Å². The number of carbonyl (C=O) groups excluding carboxylic acids is 1. The van der Waals surface area contributed by atoms with Crippen molar-refractivity contribution in [3.8, 4) is 0 Å². The first-order valence-electron chi connectivity index (χ1n) is 9.21. The van der Waals surface area contributed by atoms with E-state index in [-0.39, 0.29) is 12.5 Å². The molecule has 1 amide bonds. The number of aliphatic hydroxyl groups excluding tert-OH is 1. The number of nitrogens with one attached hydrogen (secondary N) is 1. The molecule has 2 saturated heterocycles. The van der Waals surface area contributed by atoms with Crippen LogP contribution in [0.15, 0.2) is 60.7 Å². The van der Waals surface area contributed by atoms with E-state index in [1.807, 2.05) is 36.4 Å². The van der Waals surface area contributed by atoms with Crippen LogP contribution in [-0.2, 0) is 18.9 Å². The zero-order valence-electron chi connectivity index (χ0n) is 15.4. The summed E-state index contributed by atoms with van der Waals surface area (Å²) >= 11 is 0. The van der Waals surface area contributed by atoms with Crippen LogP contribution in [0.3, 0.4) is 0 Å². The second-order valence-corrected chi connectivity index (χ2v) is 6.81. The summed E-state index contributed by atoms with van der Waals surface area (Å²) < 4.78 is 23.0. The molecule has 2 N–H and O–H groups in total. The van der Waals surface area contributed by atoms with Gasteiger partial charge in [0.2, 0.25) is 0 Å². The summed E-state index contributed by atoms with van der Waals surface area (Å²) in [5.41, 5.74) is 1.34. The molecule has 0 bridgehead atoms. The number of amides is 1. The molecule has 2 heterocycles. The Morgan fingerprint density at radius 3 is 2.43 bits per heavy atom. The summed E-state index contributed by atoms with van der Waals surface area (Å²) in [5, 5.41) is 13.8. The lowest BCUT2D eigenvalue weighted by atomic mass is 9.95. The maximum atomic E-state index is 12.6. The summed E-state index contributed by atoms with van der Waals surface area (Å²) in [4.78, 5) is 12.6. The number of ether oxygens (including phenoxy) is 4. The molecule has 28 heavy (non-hydrogen) atoms. The first-order valence-corrected chi connectivity index (χ1v) is 9.21. The largest absolute Gasteiger partial charge is 0.388 e. The lowest BCUT2D eigenvalue weighted by Gasteiger charge is -2.47. The Morgan fingerprint density at radius 1 is 1.07 bits per heavy atom. The van der Waals surface area contributed by atoms with Gasteiger partial charge in [0.15, 0.2) is 12.6 Å². The van der Waals surface area contributed by atoms with Gasteiger partial charge in [0.05, 0.1) is 6.61 Å². The molecule has 0 spiro atoms. The highest BCUT2D eigenvalue weighted by molar-refractivity contribution is 5.94. The van der Waals surface area contributed by atoms with Crippen molar-refractivity contribution in [2.24, 2.45) is 0 Å². The van der Waals surface area contributed by atoms with E-state index in [0.29, 0.717) is 5.56 Å². The molecule has 7 heteroatoms. The molecular formula is C21H23NO6. The minimum absolute atomic E-state index is 0.250. The van der Waals surface area contributed by atoms with Crippen LogP contribution >= 0.6 is 0 Å². The molecule has 2 aliphatic heterocycles. The molecule has 0 aromatic heterocycles. The number of methoxy groups -OCH3 is 1. The van der Waals surface area contributed by atoms with Crippen molar-refractivity contribution in [2.45, 2.75) is 36.9 Å². The Bertz CT molecular complexity index is 786. The first kappa shape index (κ1) is 19.0. The summed E-state index contributed by atoms with van der Waals surface area (Å²) in [5.74, 6) is -0.319. The number of carbonyl (C=O) groups is 1. The van der Waals surface area contributed by atoms with Gasteiger partial charge in [-0.3, -0.25) is 4.79 Å². The minimum atomic E-state index is -1.02. The average molecular weight is 385 g/mol. The van der Waals surface area contributed by atoms with Crippen molar-refractivity contribution in [3.63, 3.8) is 0 Å². The molecule has 2 aliphatic rings. The Labute approximate surface area is 163 Å². The SMILES string of the molecule is CO[C@@H]1O[C@@H]2CO[C@H](c3ccccc3)O[C@@H]2[C@@H](O)[C@H]1NC(=O)c1ccccc1. The van der Waals surface area contributed by atoms with Gasteiger partial charge in [0.1, 0.15) is 24.4 Å². The monoisotopic (exact) mass is 385 g/mol. The number of rotatable bonds is 4. The van der Waals surface area contributed by atoms with E-state index in [2.05, 4.69) is 5.32 Å². The first-order chi connectivity index (χ1) is 13.7. The van der Waals surface area contributed by atoms with Crippen molar-refractivity contribution in [3.05, 3.63) is 71.8 Å². The number of benzene rings is 2. The van der Waals surface area contributed by atoms with Crippen LogP contribution in [0.2, 0.25) is 0 Å². The average Bonchev–Trinajstić information content (AvgIpc) is 2.76. The van der Waals surface area contributed by atoms with Gasteiger partial charge in [0.25, 0.3) is 5.91 Å². The van der Waals surface area contributed by atoms with E-state index in [4.69, 9.17) is 18.9 Å². The van der Waals surface area contributed by atoms with Crippen molar-refractivity contribution in [2.75, 3.05) is 13.7 Å². The summed E-state index contributed by atoms with van der Waals surface area (Å²) in [6, 6.07) is 17.5. The van der Waals surface area contributed by atoms with E-state index in [9.17, 15) is 9.90 Å². The topological polar surface area (TPSA) is 86.2 Å². The molecule has 4 rings (SSSR count). The molecule has 6 atom stereocenters. The lowest BCUT2D eigenvalue weighted by molar-refractivity contribution is -0.340. The minimum Gasteiger partial charge on any atom is -0.388 e. The fourth-order valence-electron chi connectivity index (χ4n) is 3.55. The van der Waals surface area contributed by atoms with Gasteiger partial charge in [-0.05, 0) is 12.1 Å². The zero-order chi connectivity index (χ0) is 19.5. The Hall–Kier alpha value is -2.29. The smallest absolute Gasteiger partial charge is 0.251 e. The van der Waals surface area contributed by atoms with Crippen LogP contribution in [0.25, 0.3) is 0 Å². The van der Waals surface area contributed by atoms with Crippen molar-refractivity contribution in [1.82, 2.24) is 5.32 Å². The molecule has 0 aliphatic carbocycles. The standard InChI is InChI=1S/C21H23NO6/c1-25-21-16(22-19(24)13-8-4-2-5-9-13)17(23)18-15(27-21)12-26-20(28-18)14-10-6-3-7-11-14/h2-11,15-18,20-21,23H,12H2,1H3,(H,22,24)/t15-,16-,17+,18+,20+,21-/m1/s1. The van der Waals surface area contributed by atoms with Gasteiger partial charge in [-0.15, -0.1) is 0 Å². The van der Waals surface area contributed by atoms with Crippen LogP contribution in [0.5, 0.6) is 0 Å². The van der Waals surface area contributed by atoms with Gasteiger partial charge in [-0.25, -0.2) is 0 Å². The highest BCUT2D eigenvalue weighted by atomic mass is 16.7. The third kappa shape index (κ3) is 3.80. The van der Waals surface area contributed by atoms with E-state index in [1.54, 1.807) is 24.3 Å². The second-order valence-electron chi connectivity index (χ2n) is 6.81. The summed E-state index contributed by atoms with van der Waals surface area (Å²) in [6.45, 7) is 0.250. The van der Waals surface area contributed by atoms with Crippen molar-refractivity contribution < 1.29 is 28.8 Å². The second kappa shape index (κ2) is 8.38. The molecule has 2 aromatic carbocycles. The number of hydrogen-bond acceptors (Lipinski definition) is 6. The van der Waals surface area contributed by atoms with Gasteiger partial charge < -0.3 is 29.4 Å². The van der Waals surface area contributed by atoms with Crippen molar-refractivity contribution in [1.29, 1.82) is 0 Å². The van der Waals surface area contributed by atoms with Gasteiger partial charge >= 0.3 is 0 Å². The molecule has 0 radical (unpaired) electrons. The highest BCUT2D eigenvalue weighted by Crippen LogP contribution is 2.34. The Kier molecular flexibility index (Phi) is 5.70. The highest BCUT2D eigenvalue weighted by Gasteiger charge is 2.50. The molecule has 2 fully saturated rings. The predicted molar refractivity (Wildman–Crippen MR) is 99.4 cm³/mol. The van der Waals surface area contributed by atoms with Crippen LogP contribution in [0.1, 0.15) is 22.2 Å². The molecule has 148 valence electrons. The number of aliphatic hydroxyl groups is 1. The summed E-state index contributed by atoms with van der Waals surface area (Å²) in [6.07, 6.45) is -3.60. The molecule has 0 unspecified atom stereocenters. The van der Waals surface area contributed by atoms with E-state index in [0.717, 1.165) is 5.56 Å². The maximum Gasteiger partial charge on any atom is 0.251 e. The van der Waals surface area contributed by atoms with Crippen LogP contribution in [0.4, 0.5) is 0 Å². The molecular weight excluding hydrogens is 362 g/mol. The van der Waals surface area contributed by atoms with Gasteiger partial charge in [-0.2, -0.15) is 0 Å². The lowest BCUT2D eigenvalue weighted by Crippen LogP contribution is -2.66. The summed E-state index contributed by atoms with van der Waals surface area (Å²) in [7, 11) is 1.47. The van der Waals surface area contributed by atoms with E-state index >= 15 is 0 Å². The van der Waals surface area contributed by atoms with Crippen LogP contribution < -0.4 is 5.32 Å². The number of fused-ring (bicyclic) bond motifs is 1. The van der Waals surface area contributed by atoms with Gasteiger partial charge in [0, 0.05) is 18.2 Å². The van der Waals surface area contributed by atoms with Crippen LogP contribution in [-0.4, -0.2) is 55.4 Å². The zero-order valence-corrected chi connectivity index (χ0v) is 15.4. The third-order valence-electron chi connectivity index (χ3n) is 5.00. The fraction of sp³-hybridized carbons (Fsp3) is 0.381. The predicted octanol–water partition coefficient (Wildman–Crippen LogP) is 1.63. The van der Waals surface area contributed by atoms with E-state index < -0.39 is 36.9 Å². The molecule has 7 nitrogen and oxygen atoms in total. The Morgan fingerprint density at radius 2 is 1.75 bits per heavy atom. The maximum absolute atomic E-state index is 12.6. The normalized spacial score (nSPS) is 32.4. The fourth-order valence-corrected chi connectivity index (χ4v) is 3.55. The van der Waals surface area contributed by atoms with Crippen molar-refractivity contribution >= 4 is 5.91 Å². The third-order valence-corrected chi connectivity index (χ3v) is 5.00. The Balaban J connectivity index is 1.50. The van der Waals surface area contributed by atoms with E-state index in [1.165, 1.54) is 7.11 Å². The molecule has 0 saturated carbocycles. The number of hydrogen-bond donors (Lipinski definition) is 2. The molecule has 2 aromatic rings. The quantitative estimate of drug-likeness (QED) is 0.832.